The van der Waals surface area contributed by atoms with Crippen molar-refractivity contribution in [2.45, 2.75) is 6.92 Å². The van der Waals surface area contributed by atoms with Gasteiger partial charge in [-0.2, -0.15) is 0 Å². The molecule has 0 spiro atoms. The Kier molecular flexibility index (Phi) is 3.72. The number of carbonyl (C=O) groups is 2. The summed E-state index contributed by atoms with van der Waals surface area (Å²) < 4.78 is 4.28. The highest BCUT2D eigenvalue weighted by molar-refractivity contribution is 5.93. The monoisotopic (exact) mass is 160 g/mol. The Labute approximate surface area is 62.9 Å². The Morgan fingerprint density at radius 1 is 1.45 bits per heavy atom. The van der Waals surface area contributed by atoms with E-state index in [2.05, 4.69) is 4.74 Å². The highest BCUT2D eigenvalue weighted by atomic mass is 16.5. The first-order valence-corrected chi connectivity index (χ1v) is 2.88. The number of carbonyl (C=O) groups excluding carboxylic acids is 1. The molecular formula is C6H8O5. The molecule has 0 amide bonds. The summed E-state index contributed by atoms with van der Waals surface area (Å²) in [4.78, 5) is 20.3. The Morgan fingerprint density at radius 2 is 2.00 bits per heavy atom. The second-order valence-electron chi connectivity index (χ2n) is 1.59. The van der Waals surface area contributed by atoms with Gasteiger partial charge < -0.3 is 14.9 Å². The van der Waals surface area contributed by atoms with Crippen molar-refractivity contribution < 1.29 is 24.5 Å². The summed E-state index contributed by atoms with van der Waals surface area (Å²) in [5, 5.41) is 16.7. The summed E-state index contributed by atoms with van der Waals surface area (Å²) in [6, 6.07) is 0. The molecular weight excluding hydrogens is 152 g/mol. The zero-order chi connectivity index (χ0) is 8.85. The average Bonchev–Trinajstić information content (AvgIpc) is 1.86. The smallest absolute Gasteiger partial charge is 0.373 e. The lowest BCUT2D eigenvalue weighted by molar-refractivity contribution is -0.142. The number of aliphatic hydroxyl groups is 1. The summed E-state index contributed by atoms with van der Waals surface area (Å²) >= 11 is 0. The van der Waals surface area contributed by atoms with E-state index in [1.165, 1.54) is 0 Å². The molecule has 62 valence electrons. The molecule has 0 bridgehead atoms. The maximum absolute atomic E-state index is 10.5. The van der Waals surface area contributed by atoms with Crippen LogP contribution in [0.15, 0.2) is 11.8 Å². The number of carboxylic acid groups (broad SMARTS) is 1. The molecule has 0 aromatic carbocycles. The molecule has 0 fully saturated rings. The molecule has 2 N–H and O–H groups in total. The van der Waals surface area contributed by atoms with E-state index in [9.17, 15) is 9.59 Å². The van der Waals surface area contributed by atoms with Gasteiger partial charge in [0, 0.05) is 0 Å². The van der Waals surface area contributed by atoms with Crippen molar-refractivity contribution in [2.24, 2.45) is 0 Å². The Morgan fingerprint density at radius 3 is 2.36 bits per heavy atom. The SMILES string of the molecule is CCOC(=O)/C(O)=C/C(=O)O. The van der Waals surface area contributed by atoms with Gasteiger partial charge >= 0.3 is 11.9 Å². The van der Waals surface area contributed by atoms with Crippen LogP contribution in [0.4, 0.5) is 0 Å². The zero-order valence-corrected chi connectivity index (χ0v) is 5.90. The van der Waals surface area contributed by atoms with Crippen molar-refractivity contribution in [3.8, 4) is 0 Å². The lowest BCUT2D eigenvalue weighted by Gasteiger charge is -1.97. The largest absolute Gasteiger partial charge is 0.502 e. The van der Waals surface area contributed by atoms with Gasteiger partial charge in [0.15, 0.2) is 0 Å². The van der Waals surface area contributed by atoms with Crippen molar-refractivity contribution in [1.82, 2.24) is 0 Å². The molecule has 0 unspecified atom stereocenters. The zero-order valence-electron chi connectivity index (χ0n) is 5.90. The molecule has 0 saturated heterocycles. The summed E-state index contributed by atoms with van der Waals surface area (Å²) in [7, 11) is 0. The minimum Gasteiger partial charge on any atom is -0.502 e. The van der Waals surface area contributed by atoms with Crippen molar-refractivity contribution in [3.05, 3.63) is 11.8 Å². The third-order valence-corrected chi connectivity index (χ3v) is 0.745. The van der Waals surface area contributed by atoms with Crippen LogP contribution in [0.25, 0.3) is 0 Å². The van der Waals surface area contributed by atoms with Crippen molar-refractivity contribution >= 4 is 11.9 Å². The molecule has 5 heteroatoms. The van der Waals surface area contributed by atoms with Crippen molar-refractivity contribution in [3.63, 3.8) is 0 Å². The molecule has 0 aliphatic carbocycles. The van der Waals surface area contributed by atoms with Gasteiger partial charge in [-0.15, -0.1) is 0 Å². The highest BCUT2D eigenvalue weighted by Gasteiger charge is 2.08. The lowest BCUT2D eigenvalue weighted by atomic mass is 10.4. The van der Waals surface area contributed by atoms with E-state index in [1.807, 2.05) is 0 Å². The Bertz CT molecular complexity index is 193. The number of esters is 1. The van der Waals surface area contributed by atoms with E-state index in [1.54, 1.807) is 6.92 Å². The van der Waals surface area contributed by atoms with Gasteiger partial charge in [0.05, 0.1) is 12.7 Å². The predicted octanol–water partition coefficient (Wildman–Crippen LogP) is 0.0760. The molecule has 5 nitrogen and oxygen atoms in total. The minimum absolute atomic E-state index is 0.0936. The van der Waals surface area contributed by atoms with Crippen LogP contribution < -0.4 is 0 Å². The van der Waals surface area contributed by atoms with Gasteiger partial charge in [0.2, 0.25) is 5.76 Å². The van der Waals surface area contributed by atoms with Crippen LogP contribution in [0.3, 0.4) is 0 Å². The molecule has 0 aliphatic heterocycles. The Balaban J connectivity index is 4.12. The molecule has 0 radical (unpaired) electrons. The number of aliphatic hydroxyl groups excluding tert-OH is 1. The summed E-state index contributed by atoms with van der Waals surface area (Å²) in [6.45, 7) is 1.64. The second-order valence-corrected chi connectivity index (χ2v) is 1.59. The maximum Gasteiger partial charge on any atom is 0.373 e. The fourth-order valence-electron chi connectivity index (χ4n) is 0.381. The van der Waals surface area contributed by atoms with E-state index in [-0.39, 0.29) is 6.61 Å². The van der Waals surface area contributed by atoms with Gasteiger partial charge in [-0.3, -0.25) is 0 Å². The van der Waals surface area contributed by atoms with E-state index in [0.29, 0.717) is 6.08 Å². The minimum atomic E-state index is -1.39. The number of ether oxygens (including phenoxy) is 1. The van der Waals surface area contributed by atoms with E-state index >= 15 is 0 Å². The van der Waals surface area contributed by atoms with Gasteiger partial charge in [0.1, 0.15) is 0 Å². The molecule has 0 atom stereocenters. The van der Waals surface area contributed by atoms with Gasteiger partial charge in [0.25, 0.3) is 0 Å². The lowest BCUT2D eigenvalue weighted by Crippen LogP contribution is -2.08. The van der Waals surface area contributed by atoms with Gasteiger partial charge in [-0.25, -0.2) is 9.59 Å². The van der Waals surface area contributed by atoms with E-state index in [0.717, 1.165) is 0 Å². The predicted molar refractivity (Wildman–Crippen MR) is 35.0 cm³/mol. The van der Waals surface area contributed by atoms with Crippen molar-refractivity contribution in [1.29, 1.82) is 0 Å². The first kappa shape index (κ1) is 9.48. The van der Waals surface area contributed by atoms with Gasteiger partial charge in [-0.1, -0.05) is 0 Å². The molecule has 0 saturated carbocycles. The fraction of sp³-hybridized carbons (Fsp3) is 0.333. The highest BCUT2D eigenvalue weighted by Crippen LogP contribution is 1.91. The quantitative estimate of drug-likeness (QED) is 0.347. The van der Waals surface area contributed by atoms with Crippen molar-refractivity contribution in [2.75, 3.05) is 6.61 Å². The third kappa shape index (κ3) is 3.96. The van der Waals surface area contributed by atoms with E-state index in [4.69, 9.17) is 10.2 Å². The van der Waals surface area contributed by atoms with Crippen LogP contribution in [0, 0.1) is 0 Å². The first-order chi connectivity index (χ1) is 5.07. The summed E-state index contributed by atoms with van der Waals surface area (Å²) in [6.07, 6.45) is 0.373. The number of hydrogen-bond acceptors (Lipinski definition) is 4. The van der Waals surface area contributed by atoms with Gasteiger partial charge in [-0.05, 0) is 6.92 Å². The fourth-order valence-corrected chi connectivity index (χ4v) is 0.381. The summed E-state index contributed by atoms with van der Waals surface area (Å²) in [5.41, 5.74) is 0. The molecule has 0 aromatic heterocycles. The second kappa shape index (κ2) is 4.32. The number of aliphatic carboxylic acids is 1. The van der Waals surface area contributed by atoms with E-state index < -0.39 is 17.7 Å². The molecule has 0 aliphatic rings. The normalized spacial score (nSPS) is 10.8. The standard InChI is InChI=1S/C6H8O5/c1-2-11-6(10)4(7)3-5(8)9/h3,7H,2H2,1H3,(H,8,9)/b4-3-. The number of carboxylic acids is 1. The third-order valence-electron chi connectivity index (χ3n) is 0.745. The van der Waals surface area contributed by atoms with Crippen LogP contribution in [0.1, 0.15) is 6.92 Å². The van der Waals surface area contributed by atoms with Crippen LogP contribution in [-0.4, -0.2) is 28.8 Å². The van der Waals surface area contributed by atoms with Crippen LogP contribution in [-0.2, 0) is 14.3 Å². The molecule has 11 heavy (non-hydrogen) atoms. The van der Waals surface area contributed by atoms with Crippen LogP contribution >= 0.6 is 0 Å². The number of hydrogen-bond donors (Lipinski definition) is 2. The average molecular weight is 160 g/mol. The van der Waals surface area contributed by atoms with Crippen LogP contribution in [0.2, 0.25) is 0 Å². The molecule has 0 rings (SSSR count). The van der Waals surface area contributed by atoms with Crippen LogP contribution in [0.5, 0.6) is 0 Å². The molecule has 0 heterocycles. The topological polar surface area (TPSA) is 83.8 Å². The first-order valence-electron chi connectivity index (χ1n) is 2.88. The molecule has 0 aromatic rings. The number of rotatable bonds is 3. The Hall–Kier alpha value is -1.52. The summed E-state index contributed by atoms with van der Waals surface area (Å²) in [5.74, 6) is -3.33. The maximum atomic E-state index is 10.5.